The number of nitrogens with zero attached hydrogens (tertiary/aromatic N) is 2. The number of carbonyl (C=O) groups is 1. The molecule has 7 heteroatoms. The molecule has 0 radical (unpaired) electrons. The molecule has 1 aliphatic heterocycles. The predicted molar refractivity (Wildman–Crippen MR) is 120 cm³/mol. The number of nitrogens with one attached hydrogen (secondary N) is 1. The van der Waals surface area contributed by atoms with Crippen LogP contribution >= 0.6 is 0 Å². The Morgan fingerprint density at radius 3 is 2.40 bits per heavy atom. The van der Waals surface area contributed by atoms with Crippen LogP contribution in [-0.4, -0.2) is 58.2 Å². The minimum absolute atomic E-state index is 0.117. The van der Waals surface area contributed by atoms with Gasteiger partial charge in [0.25, 0.3) is 0 Å². The Morgan fingerprint density at radius 1 is 1.07 bits per heavy atom. The minimum atomic E-state index is -3.39. The van der Waals surface area contributed by atoms with Crippen LogP contribution in [0.3, 0.4) is 0 Å². The number of benzene rings is 2. The van der Waals surface area contributed by atoms with Gasteiger partial charge in [-0.1, -0.05) is 42.5 Å². The Kier molecular flexibility index (Phi) is 7.50. The number of anilines is 1. The van der Waals surface area contributed by atoms with Crippen molar-refractivity contribution < 1.29 is 18.1 Å². The monoisotopic (exact) mass is 430 g/mol. The van der Waals surface area contributed by atoms with Gasteiger partial charge in [0, 0.05) is 18.5 Å². The van der Waals surface area contributed by atoms with E-state index < -0.39 is 10.0 Å². The highest BCUT2D eigenvalue weighted by Gasteiger charge is 2.24. The van der Waals surface area contributed by atoms with Crippen molar-refractivity contribution in [2.75, 3.05) is 43.3 Å². The Morgan fingerprint density at radius 2 is 1.77 bits per heavy atom. The average molecular weight is 431 g/mol. The highest BCUT2D eigenvalue weighted by atomic mass is 32.2. The van der Waals surface area contributed by atoms with Gasteiger partial charge < -0.3 is 9.80 Å². The quantitative estimate of drug-likeness (QED) is 0.690. The summed E-state index contributed by atoms with van der Waals surface area (Å²) >= 11 is 0. The van der Waals surface area contributed by atoms with Crippen LogP contribution < -0.4 is 9.21 Å². The lowest BCUT2D eigenvalue weighted by molar-refractivity contribution is -0.917. The summed E-state index contributed by atoms with van der Waals surface area (Å²) in [7, 11) is -3.39. The van der Waals surface area contributed by atoms with E-state index in [0.717, 1.165) is 38.3 Å². The molecule has 0 aliphatic carbocycles. The van der Waals surface area contributed by atoms with Gasteiger partial charge in [0.2, 0.25) is 15.9 Å². The lowest BCUT2D eigenvalue weighted by atomic mass is 10.2. The summed E-state index contributed by atoms with van der Waals surface area (Å²) in [5, 5.41) is 0. The molecule has 1 heterocycles. The van der Waals surface area contributed by atoms with E-state index >= 15 is 0 Å². The molecule has 1 N–H and O–H groups in total. The fourth-order valence-corrected chi connectivity index (χ4v) is 4.89. The van der Waals surface area contributed by atoms with Crippen molar-refractivity contribution in [2.24, 2.45) is 0 Å². The van der Waals surface area contributed by atoms with E-state index in [2.05, 4.69) is 24.3 Å². The largest absolute Gasteiger partial charge is 0.331 e. The van der Waals surface area contributed by atoms with Crippen LogP contribution in [0, 0.1) is 6.92 Å². The number of hydrogen-bond donors (Lipinski definition) is 1. The molecule has 6 nitrogen and oxygen atoms in total. The summed E-state index contributed by atoms with van der Waals surface area (Å²) in [6, 6.07) is 17.9. The van der Waals surface area contributed by atoms with Gasteiger partial charge in [0.05, 0.1) is 38.1 Å². The van der Waals surface area contributed by atoms with Gasteiger partial charge in [-0.05, 0) is 31.0 Å². The maximum absolute atomic E-state index is 12.6. The first-order valence-electron chi connectivity index (χ1n) is 10.5. The molecular weight excluding hydrogens is 398 g/mol. The molecule has 1 aliphatic rings. The van der Waals surface area contributed by atoms with Crippen LogP contribution in [0.25, 0.3) is 0 Å². The van der Waals surface area contributed by atoms with Crippen molar-refractivity contribution in [1.82, 2.24) is 4.90 Å². The van der Waals surface area contributed by atoms with Crippen molar-refractivity contribution >= 4 is 21.6 Å². The molecule has 1 fully saturated rings. The van der Waals surface area contributed by atoms with Crippen LogP contribution in [0.4, 0.5) is 5.69 Å². The Bertz CT molecular complexity index is 939. The summed E-state index contributed by atoms with van der Waals surface area (Å²) in [4.78, 5) is 16.0. The normalized spacial score (nSPS) is 15.2. The SMILES string of the molecule is Cc1cccc(N(CCCC(=O)N2CC[NH+](Cc3ccccc3)CC2)S(C)(=O)=O)c1. The average Bonchev–Trinajstić information content (AvgIpc) is 2.71. The van der Waals surface area contributed by atoms with Crippen LogP contribution in [0.1, 0.15) is 24.0 Å². The molecule has 1 saturated heterocycles. The lowest BCUT2D eigenvalue weighted by Gasteiger charge is -2.32. The first-order chi connectivity index (χ1) is 14.3. The number of rotatable bonds is 8. The second-order valence-corrected chi connectivity index (χ2v) is 9.98. The number of quaternary nitrogens is 1. The van der Waals surface area contributed by atoms with E-state index in [1.807, 2.05) is 36.1 Å². The zero-order valence-electron chi connectivity index (χ0n) is 17.9. The molecule has 0 spiro atoms. The van der Waals surface area contributed by atoms with E-state index in [1.54, 1.807) is 6.07 Å². The van der Waals surface area contributed by atoms with Gasteiger partial charge >= 0.3 is 0 Å². The molecule has 0 aromatic heterocycles. The molecule has 1 amide bonds. The van der Waals surface area contributed by atoms with Gasteiger partial charge in [0.1, 0.15) is 6.54 Å². The standard InChI is InChI=1S/C23H31N3O3S/c1-20-8-6-11-22(18-20)26(30(2,28)29)13-7-12-23(27)25-16-14-24(15-17-25)19-21-9-4-3-5-10-21/h3-6,8-11,18H,7,12-17,19H2,1-2H3/p+1. The van der Waals surface area contributed by atoms with Crippen molar-refractivity contribution in [3.8, 4) is 0 Å². The van der Waals surface area contributed by atoms with E-state index in [4.69, 9.17) is 0 Å². The molecule has 0 saturated carbocycles. The summed E-state index contributed by atoms with van der Waals surface area (Å²) < 4.78 is 25.9. The number of piperazine rings is 1. The fourth-order valence-electron chi connectivity index (χ4n) is 3.94. The Balaban J connectivity index is 1.47. The van der Waals surface area contributed by atoms with Gasteiger partial charge in [-0.15, -0.1) is 0 Å². The molecular formula is C23H32N3O3S+. The Hall–Kier alpha value is -2.38. The molecule has 2 aromatic rings. The molecule has 0 atom stereocenters. The maximum Gasteiger partial charge on any atom is 0.232 e. The Labute approximate surface area is 180 Å². The zero-order valence-corrected chi connectivity index (χ0v) is 18.7. The second-order valence-electron chi connectivity index (χ2n) is 8.07. The second kappa shape index (κ2) is 10.1. The number of amides is 1. The van der Waals surface area contributed by atoms with E-state index in [0.29, 0.717) is 25.1 Å². The topological polar surface area (TPSA) is 62.1 Å². The summed E-state index contributed by atoms with van der Waals surface area (Å²) in [6.07, 6.45) is 2.09. The first kappa shape index (κ1) is 22.3. The molecule has 3 rings (SSSR count). The molecule has 0 unspecified atom stereocenters. The van der Waals surface area contributed by atoms with Gasteiger partial charge in [-0.3, -0.25) is 9.10 Å². The van der Waals surface area contributed by atoms with Crippen molar-refractivity contribution in [2.45, 2.75) is 26.3 Å². The number of aryl methyl sites for hydroxylation is 1. The highest BCUT2D eigenvalue weighted by molar-refractivity contribution is 7.92. The number of sulfonamides is 1. The smallest absolute Gasteiger partial charge is 0.232 e. The third kappa shape index (κ3) is 6.31. The van der Waals surface area contributed by atoms with Crippen molar-refractivity contribution in [3.05, 3.63) is 65.7 Å². The van der Waals surface area contributed by atoms with E-state index in [1.165, 1.54) is 21.0 Å². The molecule has 162 valence electrons. The molecule has 30 heavy (non-hydrogen) atoms. The van der Waals surface area contributed by atoms with Crippen LogP contribution in [0.15, 0.2) is 54.6 Å². The number of hydrogen-bond acceptors (Lipinski definition) is 3. The van der Waals surface area contributed by atoms with Gasteiger partial charge in [-0.2, -0.15) is 0 Å². The van der Waals surface area contributed by atoms with E-state index in [9.17, 15) is 13.2 Å². The number of carbonyl (C=O) groups excluding carboxylic acids is 1. The third-order valence-corrected chi connectivity index (χ3v) is 6.76. The highest BCUT2D eigenvalue weighted by Crippen LogP contribution is 2.19. The van der Waals surface area contributed by atoms with Gasteiger partial charge in [-0.25, -0.2) is 8.42 Å². The fraction of sp³-hybridized carbons (Fsp3) is 0.435. The molecule has 2 aromatic carbocycles. The summed E-state index contributed by atoms with van der Waals surface area (Å²) in [5.41, 5.74) is 2.99. The summed E-state index contributed by atoms with van der Waals surface area (Å²) in [5.74, 6) is 0.117. The van der Waals surface area contributed by atoms with Gasteiger partial charge in [0.15, 0.2) is 0 Å². The predicted octanol–water partition coefficient (Wildman–Crippen LogP) is 1.47. The van der Waals surface area contributed by atoms with Crippen LogP contribution in [-0.2, 0) is 21.4 Å². The third-order valence-electron chi connectivity index (χ3n) is 5.56. The lowest BCUT2D eigenvalue weighted by Crippen LogP contribution is -3.13. The molecule has 0 bridgehead atoms. The van der Waals surface area contributed by atoms with Crippen molar-refractivity contribution in [3.63, 3.8) is 0 Å². The zero-order chi connectivity index (χ0) is 21.6. The van der Waals surface area contributed by atoms with Crippen LogP contribution in [0.2, 0.25) is 0 Å². The van der Waals surface area contributed by atoms with Crippen molar-refractivity contribution in [1.29, 1.82) is 0 Å². The first-order valence-corrected chi connectivity index (χ1v) is 12.4. The summed E-state index contributed by atoms with van der Waals surface area (Å²) in [6.45, 7) is 6.64. The van der Waals surface area contributed by atoms with E-state index in [-0.39, 0.29) is 5.91 Å². The van der Waals surface area contributed by atoms with Crippen LogP contribution in [0.5, 0.6) is 0 Å². The minimum Gasteiger partial charge on any atom is -0.331 e. The maximum atomic E-state index is 12.6.